The highest BCUT2D eigenvalue weighted by Crippen LogP contribution is 2.42. The molecule has 4 aromatic carbocycles. The van der Waals surface area contributed by atoms with Crippen LogP contribution in [0.2, 0.25) is 0 Å². The molecule has 0 saturated carbocycles. The Morgan fingerprint density at radius 3 is 1.70 bits per heavy atom. The number of methoxy groups -OCH3 is 2. The van der Waals surface area contributed by atoms with Gasteiger partial charge in [0.25, 0.3) is 5.91 Å². The number of hydrogen-bond donors (Lipinski definition) is 2. The van der Waals surface area contributed by atoms with Crippen molar-refractivity contribution in [2.75, 3.05) is 14.2 Å². The van der Waals surface area contributed by atoms with E-state index in [4.69, 9.17) is 14.7 Å². The maximum absolute atomic E-state index is 13.9. The molecule has 0 bridgehead atoms. The topological polar surface area (TPSA) is 85.6 Å². The molecule has 1 amide bonds. The zero-order valence-corrected chi connectivity index (χ0v) is 24.2. The van der Waals surface area contributed by atoms with Crippen LogP contribution < -0.4 is 15.0 Å². The van der Waals surface area contributed by atoms with Crippen LogP contribution in [0, 0.1) is 0 Å². The van der Waals surface area contributed by atoms with Gasteiger partial charge in [-0.3, -0.25) is 10.0 Å². The van der Waals surface area contributed by atoms with Crippen molar-refractivity contribution in [1.29, 1.82) is 0 Å². The average molecular weight is 642 g/mol. The molecule has 0 radical (unpaired) electrons. The molecule has 5 rings (SSSR count). The van der Waals surface area contributed by atoms with Crippen molar-refractivity contribution >= 4 is 5.91 Å². The minimum absolute atomic E-state index is 0.0660. The summed E-state index contributed by atoms with van der Waals surface area (Å²) in [6.07, 6.45) is -10.2. The van der Waals surface area contributed by atoms with Gasteiger partial charge in [-0.1, -0.05) is 12.1 Å². The number of halogens is 6. The molecule has 46 heavy (non-hydrogen) atoms. The van der Waals surface area contributed by atoms with Crippen LogP contribution in [0.25, 0.3) is 33.9 Å². The predicted octanol–water partition coefficient (Wildman–Crippen LogP) is 8.11. The van der Waals surface area contributed by atoms with Gasteiger partial charge in [-0.2, -0.15) is 26.3 Å². The zero-order chi connectivity index (χ0) is 33.2. The average Bonchev–Trinajstić information content (AvgIpc) is 3.42. The maximum atomic E-state index is 13.9. The summed E-state index contributed by atoms with van der Waals surface area (Å²) in [6, 6.07) is 20.7. The Morgan fingerprint density at radius 2 is 1.24 bits per heavy atom. The molecule has 0 aliphatic heterocycles. The molecule has 5 aromatic rings. The minimum Gasteiger partial charge on any atom is -0.497 e. The molecule has 0 saturated heterocycles. The van der Waals surface area contributed by atoms with Gasteiger partial charge in [0.2, 0.25) is 0 Å². The summed E-state index contributed by atoms with van der Waals surface area (Å²) in [5, 5.41) is 8.97. The quantitative estimate of drug-likeness (QED) is 0.102. The van der Waals surface area contributed by atoms with Crippen LogP contribution in [-0.4, -0.2) is 34.9 Å². The van der Waals surface area contributed by atoms with E-state index >= 15 is 0 Å². The molecule has 2 N–H and O–H groups in total. The number of carbonyl (C=O) groups is 1. The number of hydroxylamine groups is 1. The van der Waals surface area contributed by atoms with Crippen LogP contribution in [-0.2, 0) is 18.9 Å². The standard InChI is InChI=1S/C33H25F6N3O4/c1-45-26-11-7-20(8-12-26)28-29(21-9-13-27(46-2)14-10-21)42(18-19-3-5-22(6-4-19)31(43)41-44)30(40-28)23-15-24(32(34,35)36)17-25(16-23)33(37,38)39/h3-17,44H,18H2,1-2H3,(H,41,43). The maximum Gasteiger partial charge on any atom is 0.416 e. The van der Waals surface area contributed by atoms with E-state index in [0.717, 1.165) is 0 Å². The monoisotopic (exact) mass is 641 g/mol. The molecular weight excluding hydrogens is 616 g/mol. The second-order valence-electron chi connectivity index (χ2n) is 10.1. The predicted molar refractivity (Wildman–Crippen MR) is 156 cm³/mol. The summed E-state index contributed by atoms with van der Waals surface area (Å²) >= 11 is 0. The van der Waals surface area contributed by atoms with Gasteiger partial charge in [-0.25, -0.2) is 10.5 Å². The third kappa shape index (κ3) is 6.69. The summed E-state index contributed by atoms with van der Waals surface area (Å²) in [5.74, 6) is 0.116. The number of benzene rings is 4. The number of nitrogens with one attached hydrogen (secondary N) is 1. The van der Waals surface area contributed by atoms with Gasteiger partial charge in [0.1, 0.15) is 17.3 Å². The fourth-order valence-corrected chi connectivity index (χ4v) is 4.91. The Morgan fingerprint density at radius 1 is 0.739 bits per heavy atom. The van der Waals surface area contributed by atoms with Crippen LogP contribution in [0.3, 0.4) is 0 Å². The molecule has 0 atom stereocenters. The van der Waals surface area contributed by atoms with Gasteiger partial charge in [0.05, 0.1) is 36.7 Å². The number of imidazole rings is 1. The van der Waals surface area contributed by atoms with Crippen LogP contribution in [0.5, 0.6) is 11.5 Å². The fraction of sp³-hybridized carbons (Fsp3) is 0.152. The van der Waals surface area contributed by atoms with E-state index in [2.05, 4.69) is 4.98 Å². The number of amides is 1. The van der Waals surface area contributed by atoms with Gasteiger partial charge in [-0.05, 0) is 84.4 Å². The largest absolute Gasteiger partial charge is 0.497 e. The molecule has 0 aliphatic carbocycles. The second-order valence-corrected chi connectivity index (χ2v) is 10.1. The highest BCUT2D eigenvalue weighted by Gasteiger charge is 2.38. The third-order valence-electron chi connectivity index (χ3n) is 7.20. The van der Waals surface area contributed by atoms with Crippen LogP contribution >= 0.6 is 0 Å². The first-order valence-electron chi connectivity index (χ1n) is 13.5. The van der Waals surface area contributed by atoms with Gasteiger partial charge in [0, 0.05) is 28.8 Å². The lowest BCUT2D eigenvalue weighted by atomic mass is 10.0. The molecule has 0 aliphatic rings. The number of rotatable bonds is 8. The van der Waals surface area contributed by atoms with Gasteiger partial charge < -0.3 is 14.0 Å². The summed E-state index contributed by atoms with van der Waals surface area (Å²) in [6.45, 7) is -0.0710. The number of carbonyl (C=O) groups excluding carboxylic acids is 1. The normalized spacial score (nSPS) is 11.8. The molecule has 13 heteroatoms. The molecule has 7 nitrogen and oxygen atoms in total. The van der Waals surface area contributed by atoms with Crippen LogP contribution in [0.15, 0.2) is 91.0 Å². The van der Waals surface area contributed by atoms with E-state index in [1.165, 1.54) is 36.4 Å². The van der Waals surface area contributed by atoms with E-state index in [1.54, 1.807) is 60.7 Å². The number of aromatic nitrogens is 2. The van der Waals surface area contributed by atoms with E-state index in [9.17, 15) is 31.1 Å². The molecular formula is C33H25F6N3O4. The Bertz CT molecular complexity index is 1820. The summed E-state index contributed by atoms with van der Waals surface area (Å²) < 4.78 is 95.6. The van der Waals surface area contributed by atoms with E-state index < -0.39 is 35.0 Å². The third-order valence-corrected chi connectivity index (χ3v) is 7.20. The Hall–Kier alpha value is -5.30. The smallest absolute Gasteiger partial charge is 0.416 e. The summed E-state index contributed by atoms with van der Waals surface area (Å²) in [7, 11) is 2.96. The number of nitrogens with zero attached hydrogens (tertiary/aromatic N) is 2. The second kappa shape index (κ2) is 12.6. The first kappa shape index (κ1) is 32.1. The highest BCUT2D eigenvalue weighted by molar-refractivity contribution is 5.93. The van der Waals surface area contributed by atoms with Crippen molar-refractivity contribution in [3.05, 3.63) is 113 Å². The first-order valence-corrected chi connectivity index (χ1v) is 13.5. The lowest BCUT2D eigenvalue weighted by Gasteiger charge is -2.17. The number of alkyl halides is 6. The molecule has 0 unspecified atom stereocenters. The summed E-state index contributed by atoms with van der Waals surface area (Å²) in [5.41, 5.74) is 0.552. The molecule has 1 heterocycles. The number of hydrogen-bond acceptors (Lipinski definition) is 5. The fourth-order valence-electron chi connectivity index (χ4n) is 4.91. The van der Waals surface area contributed by atoms with Crippen LogP contribution in [0.1, 0.15) is 27.0 Å². The van der Waals surface area contributed by atoms with E-state index in [1.807, 2.05) is 0 Å². The van der Waals surface area contributed by atoms with Crippen molar-refractivity contribution in [2.45, 2.75) is 18.9 Å². The summed E-state index contributed by atoms with van der Waals surface area (Å²) in [4.78, 5) is 16.6. The van der Waals surface area contributed by atoms with Gasteiger partial charge >= 0.3 is 12.4 Å². The minimum atomic E-state index is -5.08. The highest BCUT2D eigenvalue weighted by atomic mass is 19.4. The lowest BCUT2D eigenvalue weighted by Crippen LogP contribution is -2.18. The lowest BCUT2D eigenvalue weighted by molar-refractivity contribution is -0.143. The SMILES string of the molecule is COc1ccc(-c2nc(-c3cc(C(F)(F)F)cc(C(F)(F)F)c3)n(Cc3ccc(C(=O)NO)cc3)c2-c2ccc(OC)cc2)cc1. The molecule has 1 aromatic heterocycles. The van der Waals surface area contributed by atoms with Gasteiger partial charge in [-0.15, -0.1) is 0 Å². The van der Waals surface area contributed by atoms with Crippen LogP contribution in [0.4, 0.5) is 26.3 Å². The molecule has 238 valence electrons. The van der Waals surface area contributed by atoms with Crippen molar-refractivity contribution in [1.82, 2.24) is 15.0 Å². The Balaban J connectivity index is 1.82. The van der Waals surface area contributed by atoms with Gasteiger partial charge in [0.15, 0.2) is 0 Å². The van der Waals surface area contributed by atoms with Crippen molar-refractivity contribution < 1.29 is 45.8 Å². The Labute approximate surface area is 258 Å². The van der Waals surface area contributed by atoms with E-state index in [-0.39, 0.29) is 29.7 Å². The van der Waals surface area contributed by atoms with E-state index in [0.29, 0.717) is 46.0 Å². The van der Waals surface area contributed by atoms with Crippen molar-refractivity contribution in [3.63, 3.8) is 0 Å². The molecule has 0 fully saturated rings. The zero-order valence-electron chi connectivity index (χ0n) is 24.2. The molecule has 0 spiro atoms. The number of ether oxygens (including phenoxy) is 2. The van der Waals surface area contributed by atoms with Crippen molar-refractivity contribution in [3.8, 4) is 45.4 Å². The van der Waals surface area contributed by atoms with Crippen molar-refractivity contribution in [2.24, 2.45) is 0 Å². The Kier molecular flexibility index (Phi) is 8.79. The first-order chi connectivity index (χ1) is 21.8.